The molecule has 3 saturated heterocycles. The Bertz CT molecular complexity index is 6740. The first-order valence-electron chi connectivity index (χ1n) is 43.7. The van der Waals surface area contributed by atoms with Crippen molar-refractivity contribution in [3.63, 3.8) is 0 Å². The molecule has 0 radical (unpaired) electrons. The highest BCUT2D eigenvalue weighted by Crippen LogP contribution is 2.36. The van der Waals surface area contributed by atoms with Crippen LogP contribution < -0.4 is 46.8 Å². The Hall–Kier alpha value is -13.6. The van der Waals surface area contributed by atoms with Gasteiger partial charge in [0, 0.05) is 162 Å². The zero-order valence-electron chi connectivity index (χ0n) is 70.5. The van der Waals surface area contributed by atoms with Gasteiger partial charge < -0.3 is 58.6 Å². The van der Waals surface area contributed by atoms with E-state index in [9.17, 15) is 19.2 Å². The van der Waals surface area contributed by atoms with E-state index in [1.807, 2.05) is 116 Å². The number of aromatic nitrogens is 15. The maximum Gasteiger partial charge on any atom is 0.278 e. The number of carbonyl (C=O) groups is 1. The van der Waals surface area contributed by atoms with Crippen LogP contribution in [0.5, 0.6) is 17.2 Å². The highest BCUT2D eigenvalue weighted by atomic mass is 16.5. The summed E-state index contributed by atoms with van der Waals surface area (Å²) in [5.74, 6) is 3.75. The van der Waals surface area contributed by atoms with Crippen LogP contribution in [-0.4, -0.2) is 164 Å². The van der Waals surface area contributed by atoms with Gasteiger partial charge in [-0.25, -0.2) is 43.0 Å². The maximum absolute atomic E-state index is 13.5. The molecule has 0 saturated carbocycles. The molecule has 6 aliphatic heterocycles. The fourth-order valence-electron chi connectivity index (χ4n) is 18.2. The minimum atomic E-state index is -0.138. The highest BCUT2D eigenvalue weighted by molar-refractivity contribution is 5.88. The molecule has 3 N–H and O–H groups in total. The Labute approximate surface area is 716 Å². The normalized spacial score (nSPS) is 16.5. The van der Waals surface area contributed by atoms with Crippen molar-refractivity contribution in [2.75, 3.05) is 82.1 Å². The summed E-state index contributed by atoms with van der Waals surface area (Å²) in [5, 5.41) is 15.0. The van der Waals surface area contributed by atoms with Gasteiger partial charge in [-0.05, 0) is 220 Å². The van der Waals surface area contributed by atoms with E-state index in [1.165, 1.54) is 47.5 Å². The van der Waals surface area contributed by atoms with E-state index in [0.717, 1.165) is 153 Å². The van der Waals surface area contributed by atoms with Gasteiger partial charge in [-0.2, -0.15) is 15.0 Å². The SMILES string of the molecule is CC(=O)N1CCC(n2ccc3cc(Nc4ncc5c(=O)n6n(c5n4)-c4cccc(c4)OCCCC=CC6)ccc32)CC1.CC(C)N1CCC(n2ccc3cc(Nc4ncc5c(=O)n6n(c5n4)-c4cccc(c4)OCCCC=CC6)ccc32)CC1.CN1CCC(n2ccc3cc(Nc4ncc5c(=O)n6n(c5n4)-c4cccc(c4)OCCCC=CC6)ccc32)CC1. The molecular formula is C96H103N21O7. The monoisotopic (exact) mass is 1660 g/mol. The van der Waals surface area contributed by atoms with E-state index >= 15 is 0 Å². The van der Waals surface area contributed by atoms with Crippen LogP contribution >= 0.6 is 0 Å². The second-order valence-electron chi connectivity index (χ2n) is 33.3. The van der Waals surface area contributed by atoms with E-state index in [4.69, 9.17) is 29.2 Å². The third-order valence-electron chi connectivity index (χ3n) is 24.8. The number of carbonyl (C=O) groups excluding carboxylic acids is 1. The van der Waals surface area contributed by atoms with E-state index in [-0.39, 0.29) is 22.6 Å². The standard InChI is InChI=1S/C33H37N7O2.C32H33N7O3.C31H33N7O2/c1-23(2)37-16-13-26(14-17-37)38-18-12-24-20-25(10-11-30(24)38)35-33-34-22-29-31(36-33)40-27-8-7-9-28(21-27)42-19-6-4-3-5-15-39(40)32(29)41;1-22(40)36-15-12-25(13-16-36)37-17-11-23-19-24(9-10-29(23)37)34-32-33-21-28-30(35-32)39-26-7-6-8-27(20-26)42-18-5-3-2-4-14-38(39)31(28)41;1-35-15-12-24(13-16-35)36-17-11-22-19-23(9-10-28(22)36)33-31-32-21-27-29(34-31)38-25-7-6-8-26(20-25)40-18-5-3-2-4-14-37(38)30(27)39/h3,5,7-12,18,20-23,26H,4,6,13-17,19H2,1-2H3,(H,34,35,36);2,4,6-11,17,19-21,25H,3,5,12-16,18H2,1H3,(H,33,34,35);2,4,6-11,17,19-21,24H,3,5,12-16,18H2,1H3,(H,32,33,34). The number of likely N-dealkylation sites (tertiary alicyclic amines) is 3. The molecular weight excluding hydrogens is 1560 g/mol. The number of nitrogens with zero attached hydrogens (tertiary/aromatic N) is 18. The highest BCUT2D eigenvalue weighted by Gasteiger charge is 2.28. The van der Waals surface area contributed by atoms with Crippen LogP contribution in [0.3, 0.4) is 0 Å². The summed E-state index contributed by atoms with van der Waals surface area (Å²) in [7, 11) is 2.19. The van der Waals surface area contributed by atoms with Gasteiger partial charge in [0.25, 0.3) is 16.7 Å². The number of piperidine rings is 3. The van der Waals surface area contributed by atoms with Crippen LogP contribution in [0.1, 0.15) is 116 Å². The predicted molar refractivity (Wildman–Crippen MR) is 488 cm³/mol. The first kappa shape index (κ1) is 80.1. The Morgan fingerprint density at radius 1 is 0.411 bits per heavy atom. The molecule has 6 aliphatic rings. The predicted octanol–water partition coefficient (Wildman–Crippen LogP) is 16.5. The minimum absolute atomic E-state index is 0.119. The van der Waals surface area contributed by atoms with Gasteiger partial charge in [0.05, 0.1) is 56.5 Å². The number of fused-ring (bicyclic) bond motifs is 21. The molecule has 15 aromatic rings. The van der Waals surface area contributed by atoms with E-state index in [1.54, 1.807) is 39.6 Å². The molecule has 124 heavy (non-hydrogen) atoms. The summed E-state index contributed by atoms with van der Waals surface area (Å²) >= 11 is 0. The van der Waals surface area contributed by atoms with Crippen LogP contribution in [-0.2, 0) is 24.4 Å². The summed E-state index contributed by atoms with van der Waals surface area (Å²) in [4.78, 5) is 87.0. The fourth-order valence-corrected chi connectivity index (χ4v) is 18.2. The summed E-state index contributed by atoms with van der Waals surface area (Å²) in [6, 6.07) is 50.9. The average molecular weight is 1660 g/mol. The van der Waals surface area contributed by atoms with Crippen molar-refractivity contribution in [3.8, 4) is 34.3 Å². The number of ether oxygens (including phenoxy) is 3. The van der Waals surface area contributed by atoms with Crippen LogP contribution in [0, 0.1) is 0 Å². The quantitative estimate of drug-likeness (QED) is 0.107. The topological polar surface area (TPSA) is 263 Å². The molecule has 6 aromatic carbocycles. The number of allylic oxidation sites excluding steroid dienone is 6. The first-order chi connectivity index (χ1) is 60.7. The van der Waals surface area contributed by atoms with Crippen molar-refractivity contribution in [2.24, 2.45) is 0 Å². The molecule has 0 aliphatic carbocycles. The van der Waals surface area contributed by atoms with Gasteiger partial charge in [0.1, 0.15) is 33.4 Å². The van der Waals surface area contributed by atoms with Gasteiger partial charge in [-0.1, -0.05) is 54.7 Å². The number of amides is 1. The largest absolute Gasteiger partial charge is 0.494 e. The second-order valence-corrected chi connectivity index (χ2v) is 33.3. The Morgan fingerprint density at radius 3 is 1.09 bits per heavy atom. The Kier molecular flexibility index (Phi) is 22.9. The van der Waals surface area contributed by atoms with Gasteiger partial charge in [-0.15, -0.1) is 0 Å². The summed E-state index contributed by atoms with van der Waals surface area (Å²) in [6.07, 6.45) is 35.8. The molecule has 0 spiro atoms. The number of rotatable bonds is 10. The van der Waals surface area contributed by atoms with Gasteiger partial charge in [-0.3, -0.25) is 19.2 Å². The number of anilines is 6. The van der Waals surface area contributed by atoms with Gasteiger partial charge in [0.15, 0.2) is 16.9 Å². The first-order valence-corrected chi connectivity index (χ1v) is 43.7. The average Bonchev–Trinajstić information content (AvgIpc) is 1.61. The fraction of sp³-hybridized carbons (Fsp3) is 0.333. The third-order valence-corrected chi connectivity index (χ3v) is 24.8. The molecule has 6 bridgehead atoms. The molecule has 15 heterocycles. The van der Waals surface area contributed by atoms with Gasteiger partial charge >= 0.3 is 0 Å². The number of hydrogen-bond acceptors (Lipinski definition) is 18. The maximum atomic E-state index is 13.5. The van der Waals surface area contributed by atoms with Crippen LogP contribution in [0.25, 0.3) is 82.9 Å². The molecule has 0 unspecified atom stereocenters. The minimum Gasteiger partial charge on any atom is -0.494 e. The van der Waals surface area contributed by atoms with Crippen molar-refractivity contribution in [1.29, 1.82) is 0 Å². The van der Waals surface area contributed by atoms with Crippen molar-refractivity contribution in [2.45, 2.75) is 142 Å². The number of benzene rings is 6. The van der Waals surface area contributed by atoms with Crippen molar-refractivity contribution < 1.29 is 19.0 Å². The molecule has 28 heteroatoms. The van der Waals surface area contributed by atoms with Crippen LogP contribution in [0.4, 0.5) is 34.9 Å². The molecule has 21 rings (SSSR count). The number of hydrogen-bond donors (Lipinski definition) is 3. The Balaban J connectivity index is 0.000000122. The molecule has 1 amide bonds. The lowest BCUT2D eigenvalue weighted by Gasteiger charge is -2.35. The molecule has 9 aromatic heterocycles. The Morgan fingerprint density at radius 2 is 0.750 bits per heavy atom. The van der Waals surface area contributed by atoms with Crippen molar-refractivity contribution in [3.05, 3.63) is 250 Å². The lowest BCUT2D eigenvalue weighted by molar-refractivity contribution is -0.130. The summed E-state index contributed by atoms with van der Waals surface area (Å²) < 4.78 is 35.7. The lowest BCUT2D eigenvalue weighted by Crippen LogP contribution is -2.38. The zero-order chi connectivity index (χ0) is 84.3. The smallest absolute Gasteiger partial charge is 0.278 e. The number of nitrogens with one attached hydrogen (secondary N) is 3. The van der Waals surface area contributed by atoms with Crippen LogP contribution in [0.2, 0.25) is 0 Å². The zero-order valence-corrected chi connectivity index (χ0v) is 70.5. The molecule has 28 nitrogen and oxygen atoms in total. The van der Waals surface area contributed by atoms with E-state index in [2.05, 4.69) is 179 Å². The lowest BCUT2D eigenvalue weighted by atomic mass is 10.0. The third kappa shape index (κ3) is 16.7. The van der Waals surface area contributed by atoms with Crippen molar-refractivity contribution in [1.82, 2.24) is 86.4 Å². The molecule has 634 valence electrons. The summed E-state index contributed by atoms with van der Waals surface area (Å²) in [5.41, 5.74) is 10.0. The molecule has 0 atom stereocenters. The van der Waals surface area contributed by atoms with Crippen molar-refractivity contribution >= 4 is 107 Å². The second kappa shape index (κ2) is 35.5. The summed E-state index contributed by atoms with van der Waals surface area (Å²) in [6.45, 7) is 15.6. The van der Waals surface area contributed by atoms with Gasteiger partial charge in [0.2, 0.25) is 23.8 Å². The van der Waals surface area contributed by atoms with E-state index in [0.29, 0.717) is 115 Å². The van der Waals surface area contributed by atoms with E-state index < -0.39 is 0 Å². The molecule has 3 fully saturated rings. The van der Waals surface area contributed by atoms with Crippen LogP contribution in [0.15, 0.2) is 234 Å².